The summed E-state index contributed by atoms with van der Waals surface area (Å²) in [5.41, 5.74) is 4.38. The third-order valence-electron chi connectivity index (χ3n) is 1.67. The SMILES string of the molecule is CC(C)(C)S.NC(c1cc(F)c(Cl)cc1F)C(F)F. The van der Waals surface area contributed by atoms with Crippen molar-refractivity contribution in [3.63, 3.8) is 0 Å². The van der Waals surface area contributed by atoms with Crippen molar-refractivity contribution in [1.29, 1.82) is 0 Å². The zero-order chi connectivity index (χ0) is 15.4. The minimum absolute atomic E-state index is 0.194. The van der Waals surface area contributed by atoms with Crippen molar-refractivity contribution >= 4 is 24.2 Å². The van der Waals surface area contributed by atoms with Gasteiger partial charge >= 0.3 is 0 Å². The maximum Gasteiger partial charge on any atom is 0.257 e. The van der Waals surface area contributed by atoms with Crippen LogP contribution in [-0.4, -0.2) is 11.2 Å². The summed E-state index contributed by atoms with van der Waals surface area (Å²) in [4.78, 5) is 0. The van der Waals surface area contributed by atoms with Crippen LogP contribution in [0, 0.1) is 11.6 Å². The van der Waals surface area contributed by atoms with Crippen LogP contribution in [0.2, 0.25) is 5.02 Å². The Morgan fingerprint density at radius 2 is 1.58 bits per heavy atom. The second-order valence-electron chi connectivity index (χ2n) is 4.82. The summed E-state index contributed by atoms with van der Waals surface area (Å²) in [6.45, 7) is 6.16. The van der Waals surface area contributed by atoms with Gasteiger partial charge in [-0.25, -0.2) is 17.6 Å². The number of rotatable bonds is 2. The van der Waals surface area contributed by atoms with Crippen LogP contribution in [0.15, 0.2) is 12.1 Å². The predicted molar refractivity (Wildman–Crippen MR) is 73.0 cm³/mol. The Bertz CT molecular complexity index is 415. The number of thiol groups is 1. The molecule has 2 N–H and O–H groups in total. The first-order valence-electron chi connectivity index (χ1n) is 5.34. The van der Waals surface area contributed by atoms with Crippen LogP contribution < -0.4 is 5.73 Å². The number of hydrogen-bond acceptors (Lipinski definition) is 2. The zero-order valence-electron chi connectivity index (χ0n) is 10.7. The molecule has 1 atom stereocenters. The van der Waals surface area contributed by atoms with Crippen LogP contribution in [-0.2, 0) is 0 Å². The molecular weight excluding hydrogens is 302 g/mol. The number of benzene rings is 1. The van der Waals surface area contributed by atoms with Crippen LogP contribution in [0.4, 0.5) is 17.6 Å². The molecule has 0 heterocycles. The van der Waals surface area contributed by atoms with Crippen molar-refractivity contribution in [3.8, 4) is 0 Å². The molecule has 0 saturated heterocycles. The highest BCUT2D eigenvalue weighted by Gasteiger charge is 2.22. The van der Waals surface area contributed by atoms with E-state index in [-0.39, 0.29) is 4.75 Å². The number of alkyl halides is 2. The van der Waals surface area contributed by atoms with Gasteiger partial charge < -0.3 is 5.73 Å². The van der Waals surface area contributed by atoms with E-state index < -0.39 is 34.7 Å². The smallest absolute Gasteiger partial charge is 0.257 e. The van der Waals surface area contributed by atoms with Crippen molar-refractivity contribution in [2.45, 2.75) is 38.0 Å². The molecule has 0 saturated carbocycles. The molecule has 1 unspecified atom stereocenters. The zero-order valence-corrected chi connectivity index (χ0v) is 12.4. The normalized spacial score (nSPS) is 13.0. The molecule has 0 spiro atoms. The van der Waals surface area contributed by atoms with Gasteiger partial charge in [0.05, 0.1) is 11.1 Å². The highest BCUT2D eigenvalue weighted by Crippen LogP contribution is 2.25. The van der Waals surface area contributed by atoms with Crippen LogP contribution in [0.5, 0.6) is 0 Å². The summed E-state index contributed by atoms with van der Waals surface area (Å²) in [6.07, 6.45) is -2.95. The third kappa shape index (κ3) is 7.64. The Kier molecular flexibility index (Phi) is 7.18. The molecular formula is C12H16ClF4NS. The maximum absolute atomic E-state index is 13.0. The average molecular weight is 318 g/mol. The fraction of sp³-hybridized carbons (Fsp3) is 0.500. The molecule has 0 aromatic heterocycles. The molecule has 0 bridgehead atoms. The van der Waals surface area contributed by atoms with Gasteiger partial charge in [-0.1, -0.05) is 32.4 Å². The van der Waals surface area contributed by atoms with E-state index in [1.807, 2.05) is 0 Å². The van der Waals surface area contributed by atoms with Gasteiger partial charge in [-0.2, -0.15) is 12.6 Å². The van der Waals surface area contributed by atoms with Crippen LogP contribution >= 0.6 is 24.2 Å². The highest BCUT2D eigenvalue weighted by atomic mass is 35.5. The van der Waals surface area contributed by atoms with Crippen molar-refractivity contribution in [1.82, 2.24) is 0 Å². The molecule has 0 fully saturated rings. The van der Waals surface area contributed by atoms with Crippen molar-refractivity contribution in [3.05, 3.63) is 34.4 Å². The Balaban J connectivity index is 0.000000555. The van der Waals surface area contributed by atoms with E-state index >= 15 is 0 Å². The van der Waals surface area contributed by atoms with E-state index in [0.29, 0.717) is 12.1 Å². The molecule has 0 aliphatic carbocycles. The predicted octanol–water partition coefficient (Wildman–Crippen LogP) is 4.60. The molecule has 0 aliphatic heterocycles. The van der Waals surface area contributed by atoms with E-state index in [9.17, 15) is 17.6 Å². The highest BCUT2D eigenvalue weighted by molar-refractivity contribution is 7.81. The molecule has 1 nitrogen and oxygen atoms in total. The maximum atomic E-state index is 13.0. The molecule has 1 rings (SSSR count). The lowest BCUT2D eigenvalue weighted by Gasteiger charge is -2.12. The topological polar surface area (TPSA) is 26.0 Å². The Labute approximate surface area is 120 Å². The van der Waals surface area contributed by atoms with Crippen LogP contribution in [0.3, 0.4) is 0 Å². The summed E-state index contributed by atoms with van der Waals surface area (Å²) in [5.74, 6) is -2.01. The first kappa shape index (κ1) is 18.5. The number of halogens is 5. The molecule has 0 radical (unpaired) electrons. The van der Waals surface area contributed by atoms with E-state index in [4.69, 9.17) is 17.3 Å². The first-order chi connectivity index (χ1) is 8.43. The lowest BCUT2D eigenvalue weighted by molar-refractivity contribution is 0.114. The molecule has 19 heavy (non-hydrogen) atoms. The molecule has 110 valence electrons. The van der Waals surface area contributed by atoms with E-state index in [0.717, 1.165) is 0 Å². The Hall–Kier alpha value is -0.460. The van der Waals surface area contributed by atoms with Gasteiger partial charge in [0.15, 0.2) is 0 Å². The minimum atomic E-state index is -2.95. The standard InChI is InChI=1S/C8H6ClF4N.C4H10S/c9-4-2-5(10)3(1-6(4)11)7(14)8(12)13;1-4(2,3)5/h1-2,7-8H,14H2;5H,1-3H3. The lowest BCUT2D eigenvalue weighted by atomic mass is 10.1. The first-order valence-corrected chi connectivity index (χ1v) is 6.16. The van der Waals surface area contributed by atoms with Gasteiger partial charge in [0.1, 0.15) is 11.6 Å². The molecule has 0 amide bonds. The summed E-state index contributed by atoms with van der Waals surface area (Å²) >= 11 is 9.35. The largest absolute Gasteiger partial charge is 0.319 e. The van der Waals surface area contributed by atoms with Crippen molar-refractivity contribution in [2.24, 2.45) is 5.73 Å². The Morgan fingerprint density at radius 3 is 1.95 bits per heavy atom. The van der Waals surface area contributed by atoms with Gasteiger partial charge in [0.25, 0.3) is 6.43 Å². The fourth-order valence-electron chi connectivity index (χ4n) is 0.929. The fourth-order valence-corrected chi connectivity index (χ4v) is 1.08. The van der Waals surface area contributed by atoms with Gasteiger partial charge in [0.2, 0.25) is 0 Å². The summed E-state index contributed by atoms with van der Waals surface area (Å²) < 4.78 is 50.1. The molecule has 1 aromatic carbocycles. The quantitative estimate of drug-likeness (QED) is 0.465. The Morgan fingerprint density at radius 1 is 1.16 bits per heavy atom. The van der Waals surface area contributed by atoms with Gasteiger partial charge in [0, 0.05) is 10.3 Å². The van der Waals surface area contributed by atoms with Gasteiger partial charge in [-0.05, 0) is 12.1 Å². The average Bonchev–Trinajstić information content (AvgIpc) is 2.20. The second-order valence-corrected chi connectivity index (χ2v) is 6.57. The van der Waals surface area contributed by atoms with Crippen LogP contribution in [0.1, 0.15) is 32.4 Å². The molecule has 1 aromatic rings. The minimum Gasteiger partial charge on any atom is -0.319 e. The van der Waals surface area contributed by atoms with Crippen LogP contribution in [0.25, 0.3) is 0 Å². The number of hydrogen-bond donors (Lipinski definition) is 2. The molecule has 0 aliphatic rings. The van der Waals surface area contributed by atoms with E-state index in [1.165, 1.54) is 0 Å². The number of nitrogens with two attached hydrogens (primary N) is 1. The van der Waals surface area contributed by atoms with E-state index in [2.05, 4.69) is 33.4 Å². The summed E-state index contributed by atoms with van der Waals surface area (Å²) in [6, 6.07) is -0.648. The van der Waals surface area contributed by atoms with Gasteiger partial charge in [-0.3, -0.25) is 0 Å². The summed E-state index contributed by atoms with van der Waals surface area (Å²) in [7, 11) is 0. The molecule has 7 heteroatoms. The third-order valence-corrected chi connectivity index (χ3v) is 1.96. The second kappa shape index (κ2) is 7.36. The monoisotopic (exact) mass is 317 g/mol. The van der Waals surface area contributed by atoms with Crippen molar-refractivity contribution in [2.75, 3.05) is 0 Å². The summed E-state index contributed by atoms with van der Waals surface area (Å²) in [5, 5.41) is -0.465. The van der Waals surface area contributed by atoms with Crippen molar-refractivity contribution < 1.29 is 17.6 Å². The van der Waals surface area contributed by atoms with E-state index in [1.54, 1.807) is 0 Å². The van der Waals surface area contributed by atoms with Gasteiger partial charge in [-0.15, -0.1) is 0 Å². The lowest BCUT2D eigenvalue weighted by Crippen LogP contribution is -2.20.